The number of hydrogen-bond donors (Lipinski definition) is 0. The molecule has 1 unspecified atom stereocenters. The van der Waals surface area contributed by atoms with E-state index in [0.717, 1.165) is 23.1 Å². The molecule has 94 valence electrons. The Hall–Kier alpha value is -1.81. The van der Waals surface area contributed by atoms with Gasteiger partial charge in [0.05, 0.1) is 11.6 Å². The van der Waals surface area contributed by atoms with Gasteiger partial charge in [0.2, 0.25) is 0 Å². The fraction of sp³-hybridized carbons (Fsp3) is 0.353. The number of benzene rings is 1. The lowest BCUT2D eigenvalue weighted by atomic mass is 9.88. The van der Waals surface area contributed by atoms with Crippen molar-refractivity contribution in [2.24, 2.45) is 5.92 Å². The molecule has 0 radical (unpaired) electrons. The van der Waals surface area contributed by atoms with Gasteiger partial charge in [-0.05, 0) is 55.4 Å². The topological polar surface area (TPSA) is 23.8 Å². The Labute approximate surface area is 110 Å². The van der Waals surface area contributed by atoms with Gasteiger partial charge >= 0.3 is 0 Å². The first-order valence-electron chi connectivity index (χ1n) is 6.34. The number of hydrogen-bond acceptors (Lipinski definition) is 1. The third-order valence-corrected chi connectivity index (χ3v) is 3.34. The zero-order chi connectivity index (χ0) is 13.7. The van der Waals surface area contributed by atoms with Crippen molar-refractivity contribution < 1.29 is 0 Å². The first-order valence-corrected chi connectivity index (χ1v) is 6.34. The molecule has 0 saturated carbocycles. The molecule has 1 aromatic carbocycles. The summed E-state index contributed by atoms with van der Waals surface area (Å²) in [5.41, 5.74) is 5.45. The lowest BCUT2D eigenvalue weighted by Crippen LogP contribution is -2.00. The van der Waals surface area contributed by atoms with Crippen LogP contribution in [-0.4, -0.2) is 0 Å². The van der Waals surface area contributed by atoms with Crippen molar-refractivity contribution in [3.8, 4) is 6.07 Å². The summed E-state index contributed by atoms with van der Waals surface area (Å²) in [6.45, 7) is 12.1. The van der Waals surface area contributed by atoms with Gasteiger partial charge in [-0.3, -0.25) is 0 Å². The highest BCUT2D eigenvalue weighted by Crippen LogP contribution is 2.29. The third kappa shape index (κ3) is 2.90. The summed E-state index contributed by atoms with van der Waals surface area (Å²) in [7, 11) is 0. The molecule has 0 N–H and O–H groups in total. The Bertz CT molecular complexity index is 492. The molecular formula is C17H21N. The molecule has 1 heteroatoms. The number of allylic oxidation sites excluding steroid dienone is 3. The maximum atomic E-state index is 9.10. The quantitative estimate of drug-likeness (QED) is 0.693. The molecule has 0 heterocycles. The van der Waals surface area contributed by atoms with Crippen LogP contribution < -0.4 is 0 Å². The van der Waals surface area contributed by atoms with Crippen molar-refractivity contribution in [1.29, 1.82) is 5.26 Å². The monoisotopic (exact) mass is 239 g/mol. The molecule has 0 bridgehead atoms. The maximum absolute atomic E-state index is 9.10. The molecule has 18 heavy (non-hydrogen) atoms. The van der Waals surface area contributed by atoms with Crippen molar-refractivity contribution in [1.82, 2.24) is 0 Å². The molecular weight excluding hydrogens is 218 g/mol. The first-order chi connectivity index (χ1) is 8.54. The van der Waals surface area contributed by atoms with Crippen LogP contribution in [0, 0.1) is 31.1 Å². The van der Waals surface area contributed by atoms with E-state index in [1.54, 1.807) is 0 Å². The summed E-state index contributed by atoms with van der Waals surface area (Å²) in [6, 6.07) is 6.49. The Morgan fingerprint density at radius 1 is 1.39 bits per heavy atom. The second kappa shape index (κ2) is 6.21. The van der Waals surface area contributed by atoms with Crippen LogP contribution in [-0.2, 0) is 0 Å². The van der Waals surface area contributed by atoms with E-state index in [2.05, 4.69) is 44.7 Å². The molecule has 1 atom stereocenters. The minimum Gasteiger partial charge on any atom is -0.192 e. The molecule has 0 amide bonds. The van der Waals surface area contributed by atoms with Gasteiger partial charge in [0, 0.05) is 0 Å². The predicted molar refractivity (Wildman–Crippen MR) is 78.3 cm³/mol. The normalized spacial score (nSPS) is 12.9. The second-order valence-electron chi connectivity index (χ2n) is 4.77. The molecule has 0 aliphatic rings. The number of nitrogens with zero attached hydrogens (tertiary/aromatic N) is 1. The van der Waals surface area contributed by atoms with Crippen LogP contribution in [0.3, 0.4) is 0 Å². The van der Waals surface area contributed by atoms with Crippen LogP contribution in [0.1, 0.15) is 42.5 Å². The lowest BCUT2D eigenvalue weighted by molar-refractivity contribution is 0.765. The smallest absolute Gasteiger partial charge is 0.0997 e. The Morgan fingerprint density at radius 2 is 1.94 bits per heavy atom. The van der Waals surface area contributed by atoms with Gasteiger partial charge in [0.25, 0.3) is 0 Å². The van der Waals surface area contributed by atoms with Crippen molar-refractivity contribution in [2.75, 3.05) is 0 Å². The SMILES string of the molecule is C=CCC(C)/C(=C/C)c1cc(C)c(C#N)c(C)c1. The van der Waals surface area contributed by atoms with Crippen molar-refractivity contribution in [3.63, 3.8) is 0 Å². The fourth-order valence-electron chi connectivity index (χ4n) is 2.42. The van der Waals surface area contributed by atoms with E-state index in [9.17, 15) is 0 Å². The standard InChI is InChI=1S/C17H21N/c1-6-8-12(3)16(7-2)15-9-13(4)17(11-18)14(5)10-15/h6-7,9-10,12H,1,8H2,2-5H3/b16-7-. The third-order valence-electron chi connectivity index (χ3n) is 3.34. The van der Waals surface area contributed by atoms with Gasteiger partial charge in [-0.1, -0.05) is 31.2 Å². The molecule has 1 aromatic rings. The highest BCUT2D eigenvalue weighted by molar-refractivity contribution is 5.69. The summed E-state index contributed by atoms with van der Waals surface area (Å²) < 4.78 is 0. The summed E-state index contributed by atoms with van der Waals surface area (Å²) in [6.07, 6.45) is 5.09. The predicted octanol–water partition coefficient (Wildman–Crippen LogP) is 4.79. The van der Waals surface area contributed by atoms with E-state index in [-0.39, 0.29) is 0 Å². The fourth-order valence-corrected chi connectivity index (χ4v) is 2.42. The van der Waals surface area contributed by atoms with E-state index in [4.69, 9.17) is 5.26 Å². The Morgan fingerprint density at radius 3 is 2.33 bits per heavy atom. The van der Waals surface area contributed by atoms with Crippen LogP contribution in [0.2, 0.25) is 0 Å². The molecule has 0 saturated heterocycles. The van der Waals surface area contributed by atoms with E-state index in [1.165, 1.54) is 11.1 Å². The average molecular weight is 239 g/mol. The molecule has 0 fully saturated rings. The van der Waals surface area contributed by atoms with E-state index >= 15 is 0 Å². The van der Waals surface area contributed by atoms with E-state index < -0.39 is 0 Å². The van der Waals surface area contributed by atoms with Gasteiger partial charge < -0.3 is 0 Å². The van der Waals surface area contributed by atoms with Gasteiger partial charge in [-0.2, -0.15) is 5.26 Å². The molecule has 0 aliphatic heterocycles. The summed E-state index contributed by atoms with van der Waals surface area (Å²) in [5, 5.41) is 9.10. The van der Waals surface area contributed by atoms with Gasteiger partial charge in [0.15, 0.2) is 0 Å². The minimum atomic E-state index is 0.458. The number of nitriles is 1. The maximum Gasteiger partial charge on any atom is 0.0997 e. The second-order valence-corrected chi connectivity index (χ2v) is 4.77. The van der Waals surface area contributed by atoms with E-state index in [0.29, 0.717) is 5.92 Å². The first kappa shape index (κ1) is 14.3. The van der Waals surface area contributed by atoms with Crippen LogP contribution in [0.4, 0.5) is 0 Å². The van der Waals surface area contributed by atoms with Crippen LogP contribution in [0.5, 0.6) is 0 Å². The Kier molecular flexibility index (Phi) is 4.92. The molecule has 0 aliphatic carbocycles. The number of aryl methyl sites for hydroxylation is 2. The van der Waals surface area contributed by atoms with E-state index in [1.807, 2.05) is 19.9 Å². The van der Waals surface area contributed by atoms with Crippen LogP contribution in [0.25, 0.3) is 5.57 Å². The molecule has 1 rings (SSSR count). The molecule has 0 spiro atoms. The highest BCUT2D eigenvalue weighted by atomic mass is 14.3. The molecule has 1 nitrogen and oxygen atoms in total. The largest absolute Gasteiger partial charge is 0.192 e. The van der Waals surface area contributed by atoms with Crippen LogP contribution >= 0.6 is 0 Å². The zero-order valence-electron chi connectivity index (χ0n) is 11.7. The lowest BCUT2D eigenvalue weighted by Gasteiger charge is -2.16. The van der Waals surface area contributed by atoms with Gasteiger partial charge in [-0.25, -0.2) is 0 Å². The Balaban J connectivity index is 3.25. The van der Waals surface area contributed by atoms with Gasteiger partial charge in [0.1, 0.15) is 0 Å². The van der Waals surface area contributed by atoms with Crippen molar-refractivity contribution in [2.45, 2.75) is 34.1 Å². The highest BCUT2D eigenvalue weighted by Gasteiger charge is 2.12. The number of rotatable bonds is 4. The summed E-state index contributed by atoms with van der Waals surface area (Å²) in [5.74, 6) is 0.458. The summed E-state index contributed by atoms with van der Waals surface area (Å²) in [4.78, 5) is 0. The van der Waals surface area contributed by atoms with Crippen LogP contribution in [0.15, 0.2) is 30.9 Å². The summed E-state index contributed by atoms with van der Waals surface area (Å²) >= 11 is 0. The van der Waals surface area contributed by atoms with Crippen molar-refractivity contribution >= 4 is 5.57 Å². The van der Waals surface area contributed by atoms with Gasteiger partial charge in [-0.15, -0.1) is 6.58 Å². The molecule has 0 aromatic heterocycles. The zero-order valence-corrected chi connectivity index (χ0v) is 11.7. The minimum absolute atomic E-state index is 0.458. The van der Waals surface area contributed by atoms with Crippen molar-refractivity contribution in [3.05, 3.63) is 53.1 Å². The average Bonchev–Trinajstić information content (AvgIpc) is 2.30.